The maximum absolute atomic E-state index is 6.34. The number of nitrogens with zero attached hydrogens (tertiary/aromatic N) is 4. The maximum atomic E-state index is 6.34. The van der Waals surface area contributed by atoms with Crippen molar-refractivity contribution in [1.82, 2.24) is 19.5 Å². The van der Waals surface area contributed by atoms with Crippen molar-refractivity contribution in [3.8, 4) is 5.88 Å². The van der Waals surface area contributed by atoms with E-state index in [1.165, 1.54) is 32.0 Å². The molecule has 114 valence electrons. The molecular weight excluding hydrogens is 288 g/mol. The lowest BCUT2D eigenvalue weighted by Gasteiger charge is -2.42. The molecule has 1 atom stereocenters. The topological polar surface area (TPSA) is 52.8 Å². The summed E-state index contributed by atoms with van der Waals surface area (Å²) in [5.74, 6) is 1.36. The van der Waals surface area contributed by atoms with E-state index in [0.29, 0.717) is 16.8 Å². The molecule has 0 spiro atoms. The van der Waals surface area contributed by atoms with Crippen molar-refractivity contribution in [1.29, 1.82) is 0 Å². The van der Waals surface area contributed by atoms with E-state index in [2.05, 4.69) is 26.4 Å². The zero-order valence-electron chi connectivity index (χ0n) is 12.8. The second-order valence-electron chi connectivity index (χ2n) is 5.93. The highest BCUT2D eigenvalue weighted by Gasteiger charge is 2.37. The number of halogens is 1. The molecule has 5 nitrogen and oxygen atoms in total. The minimum absolute atomic E-state index is 0.169. The quantitative estimate of drug-likeness (QED) is 0.790. The van der Waals surface area contributed by atoms with Crippen LogP contribution in [0.25, 0.3) is 11.2 Å². The second-order valence-corrected chi connectivity index (χ2v) is 6.59. The Morgan fingerprint density at radius 1 is 1.43 bits per heavy atom. The van der Waals surface area contributed by atoms with Crippen molar-refractivity contribution in [2.24, 2.45) is 5.41 Å². The van der Waals surface area contributed by atoms with Crippen molar-refractivity contribution in [3.63, 3.8) is 0 Å². The Morgan fingerprint density at radius 2 is 2.19 bits per heavy atom. The Hall–Kier alpha value is -1.36. The fraction of sp³-hybridized carbons (Fsp3) is 0.667. The first-order valence-corrected chi connectivity index (χ1v) is 7.93. The minimum atomic E-state index is -0.169. The van der Waals surface area contributed by atoms with Gasteiger partial charge in [-0.15, -0.1) is 11.6 Å². The van der Waals surface area contributed by atoms with E-state index in [9.17, 15) is 0 Å². The molecule has 2 heterocycles. The number of methoxy groups -OCH3 is 1. The first kappa shape index (κ1) is 14.6. The van der Waals surface area contributed by atoms with Gasteiger partial charge in [0.1, 0.15) is 12.2 Å². The minimum Gasteiger partial charge on any atom is -0.479 e. The van der Waals surface area contributed by atoms with Gasteiger partial charge in [-0.3, -0.25) is 0 Å². The highest BCUT2D eigenvalue weighted by Crippen LogP contribution is 2.46. The number of ether oxygens (including phenoxy) is 1. The number of aromatic nitrogens is 4. The predicted molar refractivity (Wildman–Crippen MR) is 82.7 cm³/mol. The van der Waals surface area contributed by atoms with Gasteiger partial charge in [0.05, 0.1) is 12.5 Å². The molecule has 3 rings (SSSR count). The Kier molecular flexibility index (Phi) is 3.78. The molecule has 1 aliphatic rings. The smallest absolute Gasteiger partial charge is 0.245 e. The lowest BCUT2D eigenvalue weighted by atomic mass is 9.67. The Labute approximate surface area is 129 Å². The van der Waals surface area contributed by atoms with Gasteiger partial charge in [0, 0.05) is 6.54 Å². The molecule has 2 aromatic rings. The first-order valence-electron chi connectivity index (χ1n) is 7.49. The molecule has 0 bridgehead atoms. The normalized spacial score (nSPS) is 18.5. The number of fused-ring (bicyclic) bond motifs is 1. The van der Waals surface area contributed by atoms with E-state index < -0.39 is 0 Å². The van der Waals surface area contributed by atoms with Crippen LogP contribution in [0.1, 0.15) is 50.7 Å². The summed E-state index contributed by atoms with van der Waals surface area (Å²) in [7, 11) is 1.60. The zero-order valence-corrected chi connectivity index (χ0v) is 13.5. The molecule has 21 heavy (non-hydrogen) atoms. The van der Waals surface area contributed by atoms with Crippen LogP contribution in [0, 0.1) is 5.41 Å². The van der Waals surface area contributed by atoms with Crippen LogP contribution in [0.2, 0.25) is 0 Å². The van der Waals surface area contributed by atoms with Gasteiger partial charge in [-0.2, -0.15) is 4.98 Å². The van der Waals surface area contributed by atoms with E-state index >= 15 is 0 Å². The lowest BCUT2D eigenvalue weighted by Crippen LogP contribution is -2.34. The molecule has 0 radical (unpaired) electrons. The highest BCUT2D eigenvalue weighted by molar-refractivity contribution is 6.20. The van der Waals surface area contributed by atoms with Crippen LogP contribution >= 0.6 is 11.6 Å². The molecule has 0 aromatic carbocycles. The summed E-state index contributed by atoms with van der Waals surface area (Å²) in [4.78, 5) is 13.2. The largest absolute Gasteiger partial charge is 0.479 e. The number of alkyl halides is 1. The fourth-order valence-electron chi connectivity index (χ4n) is 3.18. The zero-order chi connectivity index (χ0) is 15.0. The van der Waals surface area contributed by atoms with E-state index in [0.717, 1.165) is 18.0 Å². The summed E-state index contributed by atoms with van der Waals surface area (Å²) in [6.45, 7) is 5.13. The van der Waals surface area contributed by atoms with Crippen molar-refractivity contribution in [2.45, 2.75) is 51.5 Å². The molecule has 1 saturated carbocycles. The third-order valence-electron chi connectivity index (χ3n) is 4.73. The van der Waals surface area contributed by atoms with Crippen molar-refractivity contribution < 1.29 is 4.74 Å². The van der Waals surface area contributed by atoms with Crippen LogP contribution in [0.15, 0.2) is 6.33 Å². The van der Waals surface area contributed by atoms with Crippen LogP contribution in [-0.4, -0.2) is 26.6 Å². The van der Waals surface area contributed by atoms with Gasteiger partial charge < -0.3 is 9.30 Å². The third kappa shape index (κ3) is 2.37. The molecule has 1 aliphatic carbocycles. The molecule has 1 fully saturated rings. The fourth-order valence-corrected chi connectivity index (χ4v) is 3.34. The van der Waals surface area contributed by atoms with Crippen molar-refractivity contribution >= 4 is 22.8 Å². The van der Waals surface area contributed by atoms with Gasteiger partial charge in [0.2, 0.25) is 5.88 Å². The van der Waals surface area contributed by atoms with E-state index in [-0.39, 0.29) is 5.38 Å². The molecular formula is C15H21ClN4O. The van der Waals surface area contributed by atoms with Gasteiger partial charge in [-0.05, 0) is 31.6 Å². The van der Waals surface area contributed by atoms with Gasteiger partial charge in [-0.25, -0.2) is 9.97 Å². The van der Waals surface area contributed by atoms with Gasteiger partial charge >= 0.3 is 0 Å². The van der Waals surface area contributed by atoms with Crippen LogP contribution in [0.3, 0.4) is 0 Å². The highest BCUT2D eigenvalue weighted by atomic mass is 35.5. The summed E-state index contributed by atoms with van der Waals surface area (Å²) < 4.78 is 7.47. The lowest BCUT2D eigenvalue weighted by molar-refractivity contribution is 0.100. The van der Waals surface area contributed by atoms with Gasteiger partial charge in [0.25, 0.3) is 0 Å². The summed E-state index contributed by atoms with van der Waals surface area (Å²) in [5, 5.41) is -0.169. The average Bonchev–Trinajstić information content (AvgIpc) is 2.81. The molecule has 0 amide bonds. The average molecular weight is 309 g/mol. The SMILES string of the molecule is CCC1(Cn2c(C(C)Cl)nc3c(OC)ncnc32)CCC1. The molecule has 0 aliphatic heterocycles. The predicted octanol–water partition coefficient (Wildman–Crippen LogP) is 3.72. The molecule has 1 unspecified atom stereocenters. The Bertz CT molecular complexity index is 643. The third-order valence-corrected chi connectivity index (χ3v) is 4.93. The van der Waals surface area contributed by atoms with Crippen LogP contribution < -0.4 is 4.74 Å². The summed E-state index contributed by atoms with van der Waals surface area (Å²) in [6.07, 6.45) is 6.54. The van der Waals surface area contributed by atoms with Crippen LogP contribution in [0.5, 0.6) is 5.88 Å². The second kappa shape index (κ2) is 5.44. The summed E-state index contributed by atoms with van der Waals surface area (Å²) in [5.41, 5.74) is 1.89. The number of imidazole rings is 1. The van der Waals surface area contributed by atoms with Crippen molar-refractivity contribution in [3.05, 3.63) is 12.2 Å². The monoisotopic (exact) mass is 308 g/mol. The molecule has 0 N–H and O–H groups in total. The van der Waals surface area contributed by atoms with E-state index in [1.807, 2.05) is 6.92 Å². The standard InChI is InChI=1S/C15H21ClN4O/c1-4-15(6-5-7-15)8-20-12(10(2)16)19-11-13(20)17-9-18-14(11)21-3/h9-10H,4-8H2,1-3H3. The van der Waals surface area contributed by atoms with Gasteiger partial charge in [-0.1, -0.05) is 13.3 Å². The van der Waals surface area contributed by atoms with Crippen LogP contribution in [0.4, 0.5) is 0 Å². The van der Waals surface area contributed by atoms with Crippen molar-refractivity contribution in [2.75, 3.05) is 7.11 Å². The maximum Gasteiger partial charge on any atom is 0.245 e. The number of rotatable bonds is 5. The molecule has 6 heteroatoms. The molecule has 0 saturated heterocycles. The molecule has 2 aromatic heterocycles. The summed E-state index contributed by atoms with van der Waals surface area (Å²) >= 11 is 6.34. The van der Waals surface area contributed by atoms with E-state index in [4.69, 9.17) is 16.3 Å². The Balaban J connectivity index is 2.12. The number of hydrogen-bond acceptors (Lipinski definition) is 4. The van der Waals surface area contributed by atoms with E-state index in [1.54, 1.807) is 7.11 Å². The number of hydrogen-bond donors (Lipinski definition) is 0. The van der Waals surface area contributed by atoms with Gasteiger partial charge in [0.15, 0.2) is 11.2 Å². The van der Waals surface area contributed by atoms with Crippen LogP contribution in [-0.2, 0) is 6.54 Å². The summed E-state index contributed by atoms with van der Waals surface area (Å²) in [6, 6.07) is 0. The first-order chi connectivity index (χ1) is 10.1. The Morgan fingerprint density at radius 3 is 2.71 bits per heavy atom.